The van der Waals surface area contributed by atoms with Crippen molar-refractivity contribution in [3.8, 4) is 5.75 Å². The van der Waals surface area contributed by atoms with Crippen molar-refractivity contribution in [1.82, 2.24) is 9.88 Å². The van der Waals surface area contributed by atoms with E-state index in [-0.39, 0.29) is 18.2 Å². The molecule has 0 radical (unpaired) electrons. The average Bonchev–Trinajstić information content (AvgIpc) is 2.97. The van der Waals surface area contributed by atoms with Gasteiger partial charge in [0.15, 0.2) is 0 Å². The van der Waals surface area contributed by atoms with Crippen LogP contribution in [0.1, 0.15) is 18.1 Å². The monoisotopic (exact) mass is 320 g/mol. The zero-order valence-corrected chi connectivity index (χ0v) is 12.5. The Labute approximate surface area is 133 Å². The Balaban J connectivity index is 1.56. The van der Waals surface area contributed by atoms with Crippen LogP contribution in [0, 0.1) is 11.6 Å². The number of β-amino-alcohol motifs (C(OH)–C–C–N with tert-alkyl or cyclic N) is 1. The minimum atomic E-state index is -1.06. The van der Waals surface area contributed by atoms with E-state index in [0.29, 0.717) is 6.54 Å². The van der Waals surface area contributed by atoms with Gasteiger partial charge in [-0.3, -0.25) is 9.88 Å². The molecule has 0 aliphatic carbocycles. The lowest BCUT2D eigenvalue weighted by Gasteiger charge is -2.21. The largest absolute Gasteiger partial charge is 0.489 e. The van der Waals surface area contributed by atoms with Crippen LogP contribution in [0.15, 0.2) is 42.7 Å². The van der Waals surface area contributed by atoms with Crippen LogP contribution in [-0.2, 0) is 0 Å². The molecule has 2 aromatic rings. The number of nitrogens with zero attached hydrogens (tertiary/aromatic N) is 2. The van der Waals surface area contributed by atoms with Gasteiger partial charge in [0.25, 0.3) is 0 Å². The summed E-state index contributed by atoms with van der Waals surface area (Å²) in [6.45, 7) is 1.62. The number of aliphatic hydroxyl groups is 1. The smallest absolute Gasteiger partial charge is 0.129 e. The molecule has 1 N–H and O–H groups in total. The van der Waals surface area contributed by atoms with Gasteiger partial charge in [-0.05, 0) is 36.8 Å². The van der Waals surface area contributed by atoms with Crippen LogP contribution in [0.5, 0.6) is 5.75 Å². The second-order valence-corrected chi connectivity index (χ2v) is 5.65. The molecular weight excluding hydrogens is 302 g/mol. The highest BCUT2D eigenvalue weighted by molar-refractivity contribution is 5.21. The van der Waals surface area contributed by atoms with Crippen LogP contribution in [-0.4, -0.2) is 40.7 Å². The molecule has 23 heavy (non-hydrogen) atoms. The van der Waals surface area contributed by atoms with Crippen molar-refractivity contribution in [2.24, 2.45) is 0 Å². The van der Waals surface area contributed by atoms with E-state index in [1.165, 1.54) is 0 Å². The van der Waals surface area contributed by atoms with Crippen LogP contribution in [0.25, 0.3) is 0 Å². The quantitative estimate of drug-likeness (QED) is 0.920. The molecule has 1 fully saturated rings. The Kier molecular flexibility index (Phi) is 4.83. The highest BCUT2D eigenvalue weighted by atomic mass is 19.1. The van der Waals surface area contributed by atoms with Gasteiger partial charge in [-0.25, -0.2) is 8.78 Å². The third-order valence-corrected chi connectivity index (χ3v) is 3.93. The standard InChI is InChI=1S/C17H18F2N2O2/c18-12-1-2-16(19)15(9-12)17(22)11-21-8-5-14(10-21)23-13-3-6-20-7-4-13/h1-4,6-7,9,14,17,22H,5,8,10-11H2. The Bertz CT molecular complexity index is 654. The number of hydrogen-bond donors (Lipinski definition) is 1. The summed E-state index contributed by atoms with van der Waals surface area (Å²) in [5, 5.41) is 10.2. The Morgan fingerprint density at radius 1 is 1.26 bits per heavy atom. The van der Waals surface area contributed by atoms with E-state index >= 15 is 0 Å². The molecule has 3 rings (SSSR count). The van der Waals surface area contributed by atoms with Gasteiger partial charge in [-0.1, -0.05) is 0 Å². The van der Waals surface area contributed by atoms with Crippen molar-refractivity contribution in [3.05, 3.63) is 59.9 Å². The minimum Gasteiger partial charge on any atom is -0.489 e. The maximum atomic E-state index is 13.7. The van der Waals surface area contributed by atoms with Gasteiger partial charge in [-0.2, -0.15) is 0 Å². The number of aromatic nitrogens is 1. The summed E-state index contributed by atoms with van der Waals surface area (Å²) in [4.78, 5) is 5.92. The first kappa shape index (κ1) is 15.8. The molecule has 0 bridgehead atoms. The van der Waals surface area contributed by atoms with Crippen molar-refractivity contribution in [1.29, 1.82) is 0 Å². The molecule has 0 spiro atoms. The molecule has 2 heterocycles. The van der Waals surface area contributed by atoms with Crippen molar-refractivity contribution >= 4 is 0 Å². The highest BCUT2D eigenvalue weighted by Gasteiger charge is 2.26. The lowest BCUT2D eigenvalue weighted by molar-refractivity contribution is 0.114. The Morgan fingerprint density at radius 2 is 2.04 bits per heavy atom. The third-order valence-electron chi connectivity index (χ3n) is 3.93. The van der Waals surface area contributed by atoms with Gasteiger partial charge in [0.1, 0.15) is 23.5 Å². The second-order valence-electron chi connectivity index (χ2n) is 5.65. The van der Waals surface area contributed by atoms with E-state index < -0.39 is 17.7 Å². The molecule has 1 aromatic carbocycles. The average molecular weight is 320 g/mol. The van der Waals surface area contributed by atoms with Crippen LogP contribution >= 0.6 is 0 Å². The van der Waals surface area contributed by atoms with E-state index in [1.54, 1.807) is 24.5 Å². The molecule has 1 aliphatic heterocycles. The van der Waals surface area contributed by atoms with Crippen molar-refractivity contribution in [3.63, 3.8) is 0 Å². The second kappa shape index (κ2) is 7.02. The summed E-state index contributed by atoms with van der Waals surface area (Å²) in [5.41, 5.74) is -0.0106. The molecule has 2 atom stereocenters. The number of halogens is 2. The van der Waals surface area contributed by atoms with E-state index in [9.17, 15) is 13.9 Å². The van der Waals surface area contributed by atoms with Gasteiger partial charge in [0.05, 0.1) is 6.10 Å². The molecule has 2 unspecified atom stereocenters. The number of aliphatic hydroxyl groups excluding tert-OH is 1. The van der Waals surface area contributed by atoms with Crippen molar-refractivity contribution < 1.29 is 18.6 Å². The number of hydrogen-bond acceptors (Lipinski definition) is 4. The number of ether oxygens (including phenoxy) is 1. The topological polar surface area (TPSA) is 45.6 Å². The summed E-state index contributed by atoms with van der Waals surface area (Å²) in [7, 11) is 0. The first-order valence-electron chi connectivity index (χ1n) is 7.54. The summed E-state index contributed by atoms with van der Waals surface area (Å²) in [6, 6.07) is 6.70. The summed E-state index contributed by atoms with van der Waals surface area (Å²) in [5.74, 6) is -0.396. The van der Waals surface area contributed by atoms with E-state index in [0.717, 1.165) is 36.9 Å². The molecule has 1 aliphatic rings. The van der Waals surface area contributed by atoms with Crippen molar-refractivity contribution in [2.75, 3.05) is 19.6 Å². The fourth-order valence-electron chi connectivity index (χ4n) is 2.78. The van der Waals surface area contributed by atoms with Gasteiger partial charge in [-0.15, -0.1) is 0 Å². The summed E-state index contributed by atoms with van der Waals surface area (Å²) in [6.07, 6.45) is 3.10. The predicted octanol–water partition coefficient (Wildman–Crippen LogP) is 2.55. The maximum absolute atomic E-state index is 13.7. The molecule has 1 saturated heterocycles. The SMILES string of the molecule is OC(CN1CCC(Oc2ccncc2)C1)c1cc(F)ccc1F. The highest BCUT2D eigenvalue weighted by Crippen LogP contribution is 2.23. The van der Waals surface area contributed by atoms with Gasteiger partial charge in [0.2, 0.25) is 0 Å². The Morgan fingerprint density at radius 3 is 2.83 bits per heavy atom. The molecule has 122 valence electrons. The first-order valence-corrected chi connectivity index (χ1v) is 7.54. The van der Waals surface area contributed by atoms with Crippen LogP contribution in [0.4, 0.5) is 8.78 Å². The maximum Gasteiger partial charge on any atom is 0.129 e. The van der Waals surface area contributed by atoms with Crippen LogP contribution in [0.3, 0.4) is 0 Å². The van der Waals surface area contributed by atoms with Gasteiger partial charge < -0.3 is 9.84 Å². The van der Waals surface area contributed by atoms with Gasteiger partial charge in [0, 0.05) is 37.6 Å². The molecule has 4 nitrogen and oxygen atoms in total. The van der Waals surface area contributed by atoms with Crippen LogP contribution in [0.2, 0.25) is 0 Å². The fraction of sp³-hybridized carbons (Fsp3) is 0.353. The normalized spacial score (nSPS) is 19.7. The fourth-order valence-corrected chi connectivity index (χ4v) is 2.78. The first-order chi connectivity index (χ1) is 11.1. The number of likely N-dealkylation sites (tertiary alicyclic amines) is 1. The minimum absolute atomic E-state index is 0.0106. The predicted molar refractivity (Wildman–Crippen MR) is 81.0 cm³/mol. The summed E-state index contributed by atoms with van der Waals surface area (Å²) < 4.78 is 32.7. The molecule has 0 amide bonds. The Hall–Kier alpha value is -2.05. The molecule has 6 heteroatoms. The number of benzene rings is 1. The van der Waals surface area contributed by atoms with E-state index in [4.69, 9.17) is 4.74 Å². The third kappa shape index (κ3) is 4.03. The lowest BCUT2D eigenvalue weighted by Crippen LogP contribution is -2.29. The van der Waals surface area contributed by atoms with Crippen molar-refractivity contribution in [2.45, 2.75) is 18.6 Å². The summed E-state index contributed by atoms with van der Waals surface area (Å²) >= 11 is 0. The number of pyridine rings is 1. The van der Waals surface area contributed by atoms with E-state index in [1.807, 2.05) is 4.90 Å². The zero-order chi connectivity index (χ0) is 16.2. The zero-order valence-electron chi connectivity index (χ0n) is 12.5. The lowest BCUT2D eigenvalue weighted by atomic mass is 10.1. The van der Waals surface area contributed by atoms with Crippen LogP contribution < -0.4 is 4.74 Å². The molecular formula is C17H18F2N2O2. The van der Waals surface area contributed by atoms with E-state index in [2.05, 4.69) is 4.98 Å². The van der Waals surface area contributed by atoms with Gasteiger partial charge >= 0.3 is 0 Å². The molecule has 1 aromatic heterocycles. The number of rotatable bonds is 5. The molecule has 0 saturated carbocycles.